The van der Waals surface area contributed by atoms with Crippen LogP contribution in [0.2, 0.25) is 0 Å². The predicted octanol–water partition coefficient (Wildman–Crippen LogP) is 5.27. The van der Waals surface area contributed by atoms with Crippen LogP contribution < -0.4 is 4.74 Å². The van der Waals surface area contributed by atoms with E-state index < -0.39 is 23.6 Å². The van der Waals surface area contributed by atoms with Gasteiger partial charge in [-0.3, -0.25) is 0 Å². The molecule has 7 heteroatoms. The van der Waals surface area contributed by atoms with Gasteiger partial charge in [-0.1, -0.05) is 23.3 Å². The number of phenolic OH excluding ortho intramolecular Hbond substituents is 1. The van der Waals surface area contributed by atoms with E-state index in [1.54, 1.807) is 20.8 Å². The molecule has 0 spiro atoms. The highest BCUT2D eigenvalue weighted by atomic mass is 16.5. The first kappa shape index (κ1) is 27.4. The molecule has 7 nitrogen and oxygen atoms in total. The van der Waals surface area contributed by atoms with E-state index in [9.17, 15) is 19.8 Å². The Morgan fingerprint density at radius 3 is 2.38 bits per heavy atom. The SMILES string of the molecule is CCOC(=O)c1cc(O)c2c(c1C(=O)OCC)OC(C)(CCC=C(C)CCC=C(C)C)C(O)C2. The minimum atomic E-state index is -1.02. The molecule has 0 bridgehead atoms. The number of ether oxygens (including phenoxy) is 3. The summed E-state index contributed by atoms with van der Waals surface area (Å²) < 4.78 is 16.5. The van der Waals surface area contributed by atoms with Crippen LogP contribution >= 0.6 is 0 Å². The molecule has 1 heterocycles. The van der Waals surface area contributed by atoms with Crippen LogP contribution in [-0.2, 0) is 15.9 Å². The molecule has 0 amide bonds. The maximum absolute atomic E-state index is 12.8. The molecule has 2 N–H and O–H groups in total. The van der Waals surface area contributed by atoms with E-state index in [0.29, 0.717) is 12.8 Å². The molecule has 2 unspecified atom stereocenters. The Balaban J connectivity index is 2.37. The summed E-state index contributed by atoms with van der Waals surface area (Å²) in [7, 11) is 0. The number of phenols is 1. The lowest BCUT2D eigenvalue weighted by molar-refractivity contribution is -0.0599. The average Bonchev–Trinajstić information content (AvgIpc) is 2.75. The van der Waals surface area contributed by atoms with Gasteiger partial charge in [-0.25, -0.2) is 9.59 Å². The zero-order valence-electron chi connectivity index (χ0n) is 21.2. The van der Waals surface area contributed by atoms with Crippen molar-refractivity contribution >= 4 is 11.9 Å². The van der Waals surface area contributed by atoms with Crippen LogP contribution in [0.25, 0.3) is 0 Å². The molecule has 0 saturated carbocycles. The molecular formula is C27H38O7. The number of aliphatic hydroxyl groups excluding tert-OH is 1. The van der Waals surface area contributed by atoms with Crippen molar-refractivity contribution in [2.75, 3.05) is 13.2 Å². The number of allylic oxidation sites excluding steroid dienone is 4. The topological polar surface area (TPSA) is 102 Å². The van der Waals surface area contributed by atoms with Crippen LogP contribution in [0.3, 0.4) is 0 Å². The first-order valence-electron chi connectivity index (χ1n) is 11.9. The number of fused-ring (bicyclic) bond motifs is 1. The van der Waals surface area contributed by atoms with E-state index in [4.69, 9.17) is 14.2 Å². The summed E-state index contributed by atoms with van der Waals surface area (Å²) >= 11 is 0. The Bertz CT molecular complexity index is 956. The van der Waals surface area contributed by atoms with E-state index in [0.717, 1.165) is 12.8 Å². The third-order valence-electron chi connectivity index (χ3n) is 6.00. The zero-order chi connectivity index (χ0) is 25.5. The molecule has 0 saturated heterocycles. The third-order valence-corrected chi connectivity index (χ3v) is 6.00. The van der Waals surface area contributed by atoms with Gasteiger partial charge >= 0.3 is 11.9 Å². The molecule has 1 aromatic carbocycles. The molecule has 0 radical (unpaired) electrons. The Labute approximate surface area is 202 Å². The molecule has 0 aliphatic carbocycles. The Morgan fingerprint density at radius 2 is 1.76 bits per heavy atom. The fourth-order valence-corrected chi connectivity index (χ4v) is 3.99. The number of carbonyl (C=O) groups is 2. The van der Waals surface area contributed by atoms with Crippen LogP contribution in [0.5, 0.6) is 11.5 Å². The Kier molecular flexibility index (Phi) is 9.74. The first-order chi connectivity index (χ1) is 16.0. The molecule has 1 aromatic rings. The highest BCUT2D eigenvalue weighted by molar-refractivity contribution is 6.06. The molecule has 34 heavy (non-hydrogen) atoms. The number of rotatable bonds is 10. The summed E-state index contributed by atoms with van der Waals surface area (Å²) in [4.78, 5) is 25.4. The highest BCUT2D eigenvalue weighted by Crippen LogP contribution is 2.44. The van der Waals surface area contributed by atoms with Crippen molar-refractivity contribution in [2.24, 2.45) is 0 Å². The second-order valence-corrected chi connectivity index (χ2v) is 9.11. The number of aromatic hydroxyl groups is 1. The molecule has 0 fully saturated rings. The van der Waals surface area contributed by atoms with Crippen molar-refractivity contribution in [3.63, 3.8) is 0 Å². The number of hydrogen-bond donors (Lipinski definition) is 2. The van der Waals surface area contributed by atoms with Crippen LogP contribution in [-0.4, -0.2) is 47.1 Å². The van der Waals surface area contributed by atoms with Gasteiger partial charge in [0.05, 0.1) is 24.9 Å². The van der Waals surface area contributed by atoms with Gasteiger partial charge in [0, 0.05) is 12.0 Å². The summed E-state index contributed by atoms with van der Waals surface area (Å²) in [6.07, 6.45) is 6.60. The predicted molar refractivity (Wildman–Crippen MR) is 130 cm³/mol. The van der Waals surface area contributed by atoms with Crippen molar-refractivity contribution in [3.05, 3.63) is 46.1 Å². The van der Waals surface area contributed by atoms with Gasteiger partial charge in [0.15, 0.2) is 0 Å². The summed E-state index contributed by atoms with van der Waals surface area (Å²) in [6, 6.07) is 1.18. The molecular weight excluding hydrogens is 436 g/mol. The molecule has 1 aliphatic heterocycles. The van der Waals surface area contributed by atoms with Crippen LogP contribution in [0, 0.1) is 0 Å². The van der Waals surface area contributed by atoms with E-state index in [1.807, 2.05) is 0 Å². The van der Waals surface area contributed by atoms with Gasteiger partial charge in [0.2, 0.25) is 0 Å². The second-order valence-electron chi connectivity index (χ2n) is 9.11. The van der Waals surface area contributed by atoms with Gasteiger partial charge in [-0.05, 0) is 73.3 Å². The molecule has 1 aliphatic rings. The molecule has 2 atom stereocenters. The zero-order valence-corrected chi connectivity index (χ0v) is 21.2. The van der Waals surface area contributed by atoms with E-state index in [1.165, 1.54) is 17.2 Å². The molecule has 2 rings (SSSR count). The second kappa shape index (κ2) is 12.1. The third kappa shape index (κ3) is 6.63. The molecule has 188 valence electrons. The number of carbonyl (C=O) groups excluding carboxylic acids is 2. The minimum Gasteiger partial charge on any atom is -0.508 e. The van der Waals surface area contributed by atoms with Gasteiger partial charge in [0.1, 0.15) is 22.7 Å². The normalized spacial score (nSPS) is 19.6. The fraction of sp³-hybridized carbons (Fsp3) is 0.556. The van der Waals surface area contributed by atoms with Crippen molar-refractivity contribution < 1.29 is 34.0 Å². The van der Waals surface area contributed by atoms with Crippen LogP contribution in [0.15, 0.2) is 29.4 Å². The van der Waals surface area contributed by atoms with Crippen LogP contribution in [0.1, 0.15) is 93.5 Å². The highest BCUT2D eigenvalue weighted by Gasteiger charge is 2.43. The molecule has 0 aromatic heterocycles. The van der Waals surface area contributed by atoms with Gasteiger partial charge in [-0.15, -0.1) is 0 Å². The Morgan fingerprint density at radius 1 is 1.12 bits per heavy atom. The van der Waals surface area contributed by atoms with Crippen LogP contribution in [0.4, 0.5) is 0 Å². The largest absolute Gasteiger partial charge is 0.508 e. The number of esters is 2. The maximum atomic E-state index is 12.8. The fourth-order valence-electron chi connectivity index (χ4n) is 3.99. The lowest BCUT2D eigenvalue weighted by Crippen LogP contribution is -2.49. The van der Waals surface area contributed by atoms with E-state index in [2.05, 4.69) is 32.9 Å². The number of hydrogen-bond acceptors (Lipinski definition) is 7. The smallest absolute Gasteiger partial charge is 0.342 e. The summed E-state index contributed by atoms with van der Waals surface area (Å²) in [5.74, 6) is -1.66. The lowest BCUT2D eigenvalue weighted by Gasteiger charge is -2.41. The monoisotopic (exact) mass is 474 g/mol. The van der Waals surface area contributed by atoms with Crippen molar-refractivity contribution in [1.29, 1.82) is 0 Å². The minimum absolute atomic E-state index is 0.0681. The van der Waals surface area contributed by atoms with Gasteiger partial charge in [-0.2, -0.15) is 0 Å². The summed E-state index contributed by atoms with van der Waals surface area (Å²) in [5, 5.41) is 21.5. The average molecular weight is 475 g/mol. The van der Waals surface area contributed by atoms with Gasteiger partial charge in [0.25, 0.3) is 0 Å². The lowest BCUT2D eigenvalue weighted by atomic mass is 9.83. The van der Waals surface area contributed by atoms with E-state index in [-0.39, 0.29) is 47.8 Å². The summed E-state index contributed by atoms with van der Waals surface area (Å²) in [5.41, 5.74) is 1.59. The van der Waals surface area contributed by atoms with Gasteiger partial charge < -0.3 is 24.4 Å². The number of aliphatic hydroxyl groups is 1. The standard InChI is InChI=1S/C27H38O7/c1-7-32-25(30)20-15-21(28)19-16-22(29)27(6,34-24(19)23(20)26(31)33-8-2)14-10-13-18(5)12-9-11-17(3)4/h11,13,15,22,28-29H,7-10,12,14,16H2,1-6H3. The first-order valence-corrected chi connectivity index (χ1v) is 11.9. The van der Waals surface area contributed by atoms with Crippen molar-refractivity contribution in [3.8, 4) is 11.5 Å². The maximum Gasteiger partial charge on any atom is 0.342 e. The van der Waals surface area contributed by atoms with Crippen molar-refractivity contribution in [2.45, 2.75) is 85.4 Å². The Hall–Kier alpha value is -2.80. The summed E-state index contributed by atoms with van der Waals surface area (Å²) in [6.45, 7) is 11.5. The number of benzene rings is 1. The van der Waals surface area contributed by atoms with E-state index >= 15 is 0 Å². The quantitative estimate of drug-likeness (QED) is 0.352. The van der Waals surface area contributed by atoms with Crippen molar-refractivity contribution in [1.82, 2.24) is 0 Å².